The highest BCUT2D eigenvalue weighted by molar-refractivity contribution is 6.08. The Labute approximate surface area is 151 Å². The molecule has 0 spiro atoms. The van der Waals surface area contributed by atoms with Gasteiger partial charge in [0.05, 0.1) is 23.3 Å². The van der Waals surface area contributed by atoms with Gasteiger partial charge < -0.3 is 10.6 Å². The molecule has 1 aromatic carbocycles. The van der Waals surface area contributed by atoms with Crippen LogP contribution in [0.25, 0.3) is 22.2 Å². The van der Waals surface area contributed by atoms with Crippen molar-refractivity contribution in [2.75, 3.05) is 13.1 Å². The zero-order chi connectivity index (χ0) is 18.4. The minimum Gasteiger partial charge on any atom is -0.355 e. The normalized spacial score (nSPS) is 10.5. The molecule has 0 unspecified atom stereocenters. The minimum atomic E-state index is -0.305. The highest BCUT2D eigenvalue weighted by Gasteiger charge is 2.14. The molecule has 2 heterocycles. The fourth-order valence-corrected chi connectivity index (χ4v) is 2.61. The molecule has 0 aliphatic carbocycles. The van der Waals surface area contributed by atoms with Gasteiger partial charge in [0.25, 0.3) is 5.91 Å². The van der Waals surface area contributed by atoms with Crippen molar-refractivity contribution in [2.24, 2.45) is 0 Å². The summed E-state index contributed by atoms with van der Waals surface area (Å²) in [5, 5.41) is 6.17. The van der Waals surface area contributed by atoms with Gasteiger partial charge in [0.15, 0.2) is 0 Å². The molecule has 0 aliphatic heterocycles. The molecular weight excluding hydrogens is 328 g/mol. The Bertz CT molecular complexity index is 926. The zero-order valence-corrected chi connectivity index (χ0v) is 14.5. The van der Waals surface area contributed by atoms with Gasteiger partial charge in [0.1, 0.15) is 0 Å². The number of carbonyl (C=O) groups is 2. The van der Waals surface area contributed by atoms with Crippen LogP contribution in [-0.2, 0) is 4.79 Å². The van der Waals surface area contributed by atoms with Crippen LogP contribution < -0.4 is 10.6 Å². The van der Waals surface area contributed by atoms with Gasteiger partial charge in [-0.1, -0.05) is 25.1 Å². The van der Waals surface area contributed by atoms with Crippen LogP contribution >= 0.6 is 0 Å². The lowest BCUT2D eigenvalue weighted by atomic mass is 10.0. The van der Waals surface area contributed by atoms with Crippen molar-refractivity contribution in [3.63, 3.8) is 0 Å². The molecule has 0 saturated heterocycles. The zero-order valence-electron chi connectivity index (χ0n) is 14.5. The third-order valence-electron chi connectivity index (χ3n) is 3.90. The monoisotopic (exact) mass is 348 g/mol. The van der Waals surface area contributed by atoms with Crippen LogP contribution in [0.4, 0.5) is 0 Å². The lowest BCUT2D eigenvalue weighted by Crippen LogP contribution is -2.37. The van der Waals surface area contributed by atoms with Crippen LogP contribution in [0.3, 0.4) is 0 Å². The molecule has 3 aromatic rings. The number of nitrogens with one attached hydrogen (secondary N) is 2. The van der Waals surface area contributed by atoms with E-state index in [4.69, 9.17) is 0 Å². The van der Waals surface area contributed by atoms with E-state index >= 15 is 0 Å². The van der Waals surface area contributed by atoms with Crippen molar-refractivity contribution in [1.29, 1.82) is 0 Å². The highest BCUT2D eigenvalue weighted by atomic mass is 16.2. The fraction of sp³-hybridized carbons (Fsp3) is 0.200. The lowest BCUT2D eigenvalue weighted by Gasteiger charge is -2.10. The number of benzene rings is 1. The lowest BCUT2D eigenvalue weighted by molar-refractivity contribution is -0.120. The highest BCUT2D eigenvalue weighted by Crippen LogP contribution is 2.24. The van der Waals surface area contributed by atoms with Gasteiger partial charge in [-0.2, -0.15) is 0 Å². The summed E-state index contributed by atoms with van der Waals surface area (Å²) in [4.78, 5) is 33.2. The summed E-state index contributed by atoms with van der Waals surface area (Å²) in [6.07, 6.45) is 4.24. The molecule has 6 heteroatoms. The maximum atomic E-state index is 12.7. The molecule has 26 heavy (non-hydrogen) atoms. The fourth-order valence-electron chi connectivity index (χ4n) is 2.61. The van der Waals surface area contributed by atoms with E-state index in [1.807, 2.05) is 43.3 Å². The summed E-state index contributed by atoms with van der Waals surface area (Å²) in [6, 6.07) is 12.9. The number of pyridine rings is 2. The van der Waals surface area contributed by atoms with E-state index in [1.54, 1.807) is 18.5 Å². The summed E-state index contributed by atoms with van der Waals surface area (Å²) in [5.41, 5.74) is 2.69. The molecule has 3 rings (SSSR count). The van der Waals surface area contributed by atoms with E-state index in [1.165, 1.54) is 0 Å². The first-order valence-electron chi connectivity index (χ1n) is 8.54. The van der Waals surface area contributed by atoms with E-state index in [9.17, 15) is 9.59 Å². The number of carbonyl (C=O) groups excluding carboxylic acids is 2. The van der Waals surface area contributed by atoms with E-state index in [0.717, 1.165) is 22.9 Å². The standard InChI is InChI=1S/C20H20N4O2/c1-2-9-22-19(25)13-23-20(26)16-11-18(14-6-5-10-21-12-14)24-17-8-4-3-7-15(16)17/h3-8,10-12H,2,9,13H2,1H3,(H,22,25)(H,23,26). The summed E-state index contributed by atoms with van der Waals surface area (Å²) in [6.45, 7) is 2.51. The van der Waals surface area contributed by atoms with E-state index < -0.39 is 0 Å². The summed E-state index contributed by atoms with van der Waals surface area (Å²) < 4.78 is 0. The van der Waals surface area contributed by atoms with Gasteiger partial charge in [-0.25, -0.2) is 4.98 Å². The molecule has 132 valence electrons. The summed E-state index contributed by atoms with van der Waals surface area (Å²) in [5.74, 6) is -0.508. The van der Waals surface area contributed by atoms with Crippen LogP contribution in [0.2, 0.25) is 0 Å². The van der Waals surface area contributed by atoms with Crippen molar-refractivity contribution < 1.29 is 9.59 Å². The molecule has 0 radical (unpaired) electrons. The van der Waals surface area contributed by atoms with Crippen molar-refractivity contribution >= 4 is 22.7 Å². The molecular formula is C20H20N4O2. The summed E-state index contributed by atoms with van der Waals surface area (Å²) >= 11 is 0. The molecule has 2 aromatic heterocycles. The molecule has 0 saturated carbocycles. The predicted molar refractivity (Wildman–Crippen MR) is 101 cm³/mol. The average Bonchev–Trinajstić information content (AvgIpc) is 2.70. The SMILES string of the molecule is CCCNC(=O)CNC(=O)c1cc(-c2cccnc2)nc2ccccc12. The Morgan fingerprint density at radius 2 is 1.92 bits per heavy atom. The number of hydrogen-bond donors (Lipinski definition) is 2. The Morgan fingerprint density at radius 3 is 2.69 bits per heavy atom. The second-order valence-corrected chi connectivity index (χ2v) is 5.85. The van der Waals surface area contributed by atoms with Crippen molar-refractivity contribution in [2.45, 2.75) is 13.3 Å². The van der Waals surface area contributed by atoms with E-state index in [2.05, 4.69) is 20.6 Å². The Kier molecular flexibility index (Phi) is 5.53. The van der Waals surface area contributed by atoms with Crippen molar-refractivity contribution in [3.8, 4) is 11.3 Å². The quantitative estimate of drug-likeness (QED) is 0.717. The Balaban J connectivity index is 1.91. The van der Waals surface area contributed by atoms with Gasteiger partial charge in [0, 0.05) is 29.9 Å². The van der Waals surface area contributed by atoms with Crippen LogP contribution in [0, 0.1) is 0 Å². The topological polar surface area (TPSA) is 84.0 Å². The molecule has 6 nitrogen and oxygen atoms in total. The van der Waals surface area contributed by atoms with Crippen LogP contribution in [-0.4, -0.2) is 34.9 Å². The number of para-hydroxylation sites is 1. The molecule has 2 amide bonds. The molecule has 0 bridgehead atoms. The first-order chi connectivity index (χ1) is 12.7. The van der Waals surface area contributed by atoms with Crippen LogP contribution in [0.15, 0.2) is 54.9 Å². The second kappa shape index (κ2) is 8.20. The van der Waals surface area contributed by atoms with Gasteiger partial charge in [-0.15, -0.1) is 0 Å². The minimum absolute atomic E-state index is 0.0578. The Morgan fingerprint density at radius 1 is 1.08 bits per heavy atom. The third-order valence-corrected chi connectivity index (χ3v) is 3.90. The first-order valence-corrected chi connectivity index (χ1v) is 8.54. The number of hydrogen-bond acceptors (Lipinski definition) is 4. The average molecular weight is 348 g/mol. The number of fused-ring (bicyclic) bond motifs is 1. The largest absolute Gasteiger partial charge is 0.355 e. The van der Waals surface area contributed by atoms with Crippen LogP contribution in [0.5, 0.6) is 0 Å². The predicted octanol–water partition coefficient (Wildman–Crippen LogP) is 2.55. The Hall–Kier alpha value is -3.28. The van der Waals surface area contributed by atoms with E-state index in [0.29, 0.717) is 17.8 Å². The van der Waals surface area contributed by atoms with Gasteiger partial charge in [-0.05, 0) is 30.7 Å². The maximum absolute atomic E-state index is 12.7. The molecule has 0 fully saturated rings. The van der Waals surface area contributed by atoms with Gasteiger partial charge in [-0.3, -0.25) is 14.6 Å². The first kappa shape index (κ1) is 17.5. The van der Waals surface area contributed by atoms with Gasteiger partial charge >= 0.3 is 0 Å². The number of nitrogens with zero attached hydrogens (tertiary/aromatic N) is 2. The molecule has 0 aliphatic rings. The van der Waals surface area contributed by atoms with Crippen molar-refractivity contribution in [1.82, 2.24) is 20.6 Å². The van der Waals surface area contributed by atoms with Crippen molar-refractivity contribution in [3.05, 3.63) is 60.4 Å². The number of aromatic nitrogens is 2. The third kappa shape index (κ3) is 4.03. The van der Waals surface area contributed by atoms with E-state index in [-0.39, 0.29) is 18.4 Å². The number of amides is 2. The summed E-state index contributed by atoms with van der Waals surface area (Å²) in [7, 11) is 0. The maximum Gasteiger partial charge on any atom is 0.252 e. The van der Waals surface area contributed by atoms with Gasteiger partial charge in [0.2, 0.25) is 5.91 Å². The number of rotatable bonds is 6. The smallest absolute Gasteiger partial charge is 0.252 e. The van der Waals surface area contributed by atoms with Crippen LogP contribution in [0.1, 0.15) is 23.7 Å². The molecule has 2 N–H and O–H groups in total. The molecule has 0 atom stereocenters. The second-order valence-electron chi connectivity index (χ2n) is 5.85.